The molecule has 0 bridgehead atoms. The first-order valence-corrected chi connectivity index (χ1v) is 11.8. The maximum absolute atomic E-state index is 12.7. The van der Waals surface area contributed by atoms with Gasteiger partial charge in [0.1, 0.15) is 5.75 Å². The Morgan fingerprint density at radius 1 is 1.03 bits per heavy atom. The minimum absolute atomic E-state index is 0.0210. The van der Waals surface area contributed by atoms with Gasteiger partial charge in [-0.2, -0.15) is 0 Å². The van der Waals surface area contributed by atoms with E-state index in [1.54, 1.807) is 42.5 Å². The molecule has 1 saturated heterocycles. The van der Waals surface area contributed by atoms with E-state index in [0.717, 1.165) is 20.2 Å². The molecule has 0 aliphatic carbocycles. The van der Waals surface area contributed by atoms with E-state index in [1.807, 2.05) is 12.1 Å². The monoisotopic (exact) mass is 586 g/mol. The van der Waals surface area contributed by atoms with Crippen LogP contribution in [0.5, 0.6) is 5.75 Å². The van der Waals surface area contributed by atoms with E-state index in [1.165, 1.54) is 24.3 Å². The Balaban J connectivity index is 1.43. The van der Waals surface area contributed by atoms with Crippen molar-refractivity contribution < 1.29 is 24.0 Å². The molecule has 4 rings (SSSR count). The van der Waals surface area contributed by atoms with Crippen molar-refractivity contribution >= 4 is 63.2 Å². The average Bonchev–Trinajstić information content (AvgIpc) is 3.08. The van der Waals surface area contributed by atoms with E-state index in [0.29, 0.717) is 22.4 Å². The summed E-state index contributed by atoms with van der Waals surface area (Å²) in [5, 5.41) is 10.4. The molecule has 1 aliphatic heterocycles. The number of amides is 2. The highest BCUT2D eigenvalue weighted by Gasteiger charge is 2.35. The number of benzene rings is 3. The molecule has 1 fully saturated rings. The minimum atomic E-state index is -0.513. The number of carbonyl (C=O) groups excluding carboxylic acids is 3. The van der Waals surface area contributed by atoms with Gasteiger partial charge in [0.05, 0.1) is 21.9 Å². The third-order valence-corrected chi connectivity index (χ3v) is 6.69. The largest absolute Gasteiger partial charge is 0.423 e. The second-order valence-corrected chi connectivity index (χ2v) is 9.29. The number of imide groups is 1. The van der Waals surface area contributed by atoms with Gasteiger partial charge in [-0.15, -0.1) is 0 Å². The van der Waals surface area contributed by atoms with E-state index >= 15 is 0 Å². The third-order valence-electron chi connectivity index (χ3n) is 4.84. The maximum Gasteiger partial charge on any atom is 0.344 e. The van der Waals surface area contributed by atoms with Crippen molar-refractivity contribution in [1.82, 2.24) is 4.90 Å². The number of carbonyl (C=O) groups is 3. The molecule has 10 heteroatoms. The van der Waals surface area contributed by atoms with Crippen LogP contribution < -0.4 is 4.74 Å². The van der Waals surface area contributed by atoms with Gasteiger partial charge in [-0.1, -0.05) is 36.4 Å². The fourth-order valence-electron chi connectivity index (χ4n) is 3.11. The summed E-state index contributed by atoms with van der Waals surface area (Å²) in [6.45, 7) is 0.0210. The van der Waals surface area contributed by atoms with E-state index < -0.39 is 22.0 Å². The molecule has 0 spiro atoms. The van der Waals surface area contributed by atoms with Crippen molar-refractivity contribution in [2.45, 2.75) is 6.54 Å². The van der Waals surface area contributed by atoms with Crippen molar-refractivity contribution in [2.24, 2.45) is 0 Å². The predicted octanol–water partition coefficient (Wildman–Crippen LogP) is 5.66. The highest BCUT2D eigenvalue weighted by atomic mass is 127. The molecule has 0 saturated carbocycles. The molecule has 3 aromatic rings. The molecule has 170 valence electrons. The first kappa shape index (κ1) is 23.6. The molecule has 0 unspecified atom stereocenters. The van der Waals surface area contributed by atoms with Crippen LogP contribution in [0.4, 0.5) is 10.5 Å². The topological polar surface area (TPSA) is 107 Å². The maximum atomic E-state index is 12.7. The van der Waals surface area contributed by atoms with Crippen LogP contribution in [0.3, 0.4) is 0 Å². The number of hydrogen-bond acceptors (Lipinski definition) is 7. The Bertz CT molecular complexity index is 1320. The van der Waals surface area contributed by atoms with Crippen LogP contribution in [0, 0.1) is 13.7 Å². The van der Waals surface area contributed by atoms with Crippen LogP contribution >= 0.6 is 34.4 Å². The number of non-ortho nitro benzene ring substituents is 1. The van der Waals surface area contributed by atoms with E-state index in [9.17, 15) is 24.5 Å². The Labute approximate surface area is 211 Å². The number of thioether (sulfide) groups is 1. The summed E-state index contributed by atoms with van der Waals surface area (Å²) in [6.07, 6.45) is 1.59. The quantitative estimate of drug-likeness (QED) is 0.0917. The van der Waals surface area contributed by atoms with Gasteiger partial charge in [0.2, 0.25) is 0 Å². The molecule has 0 N–H and O–H groups in total. The number of nitro groups is 1. The van der Waals surface area contributed by atoms with Crippen molar-refractivity contribution in [1.29, 1.82) is 0 Å². The Morgan fingerprint density at radius 3 is 2.35 bits per heavy atom. The van der Waals surface area contributed by atoms with E-state index in [4.69, 9.17) is 4.74 Å². The molecule has 0 aromatic heterocycles. The Morgan fingerprint density at radius 2 is 1.71 bits per heavy atom. The van der Waals surface area contributed by atoms with E-state index in [-0.39, 0.29) is 17.1 Å². The summed E-state index contributed by atoms with van der Waals surface area (Å²) in [7, 11) is 0. The fraction of sp³-hybridized carbons (Fsp3) is 0.0417. The molecule has 3 aromatic carbocycles. The highest BCUT2D eigenvalue weighted by Crippen LogP contribution is 2.33. The highest BCUT2D eigenvalue weighted by molar-refractivity contribution is 14.1. The third kappa shape index (κ3) is 5.34. The van der Waals surface area contributed by atoms with Gasteiger partial charge in [0.15, 0.2) is 0 Å². The summed E-state index contributed by atoms with van der Waals surface area (Å²) < 4.78 is 6.19. The summed E-state index contributed by atoms with van der Waals surface area (Å²) in [5.74, 6) is -0.555. The second kappa shape index (κ2) is 10.2. The summed E-state index contributed by atoms with van der Waals surface area (Å²) in [4.78, 5) is 49.1. The molecular formula is C24H15IN2O6S. The lowest BCUT2D eigenvalue weighted by Gasteiger charge is -2.12. The van der Waals surface area contributed by atoms with Crippen LogP contribution in [0.2, 0.25) is 0 Å². The Hall–Kier alpha value is -3.51. The Kier molecular flexibility index (Phi) is 7.08. The number of ether oxygens (including phenoxy) is 1. The average molecular weight is 586 g/mol. The van der Waals surface area contributed by atoms with Crippen LogP contribution in [0.25, 0.3) is 6.08 Å². The fourth-order valence-corrected chi connectivity index (χ4v) is 4.56. The number of rotatable bonds is 6. The van der Waals surface area contributed by atoms with Gasteiger partial charge in [0.25, 0.3) is 16.8 Å². The van der Waals surface area contributed by atoms with Crippen LogP contribution in [0.1, 0.15) is 21.5 Å². The number of nitrogens with zero attached hydrogens (tertiary/aromatic N) is 2. The molecular weight excluding hydrogens is 571 g/mol. The van der Waals surface area contributed by atoms with Crippen LogP contribution in [0.15, 0.2) is 77.7 Å². The summed E-state index contributed by atoms with van der Waals surface area (Å²) in [5.41, 5.74) is 1.67. The number of esters is 1. The first-order valence-electron chi connectivity index (χ1n) is 9.87. The molecule has 34 heavy (non-hydrogen) atoms. The summed E-state index contributed by atoms with van der Waals surface area (Å²) >= 11 is 2.89. The lowest BCUT2D eigenvalue weighted by Crippen LogP contribution is -2.27. The van der Waals surface area contributed by atoms with Crippen molar-refractivity contribution in [3.8, 4) is 5.75 Å². The number of hydrogen-bond donors (Lipinski definition) is 0. The standard InChI is InChI=1S/C24H15IN2O6S/c25-20-4-2-1-3-19(20)23(29)33-18-11-7-15(8-12-18)13-21-22(28)26(24(30)34-21)14-16-5-9-17(10-6-16)27(31)32/h1-13H,14H2/b21-13-. The molecule has 1 aliphatic rings. The zero-order chi connectivity index (χ0) is 24.2. The minimum Gasteiger partial charge on any atom is -0.423 e. The first-order chi connectivity index (χ1) is 16.3. The smallest absolute Gasteiger partial charge is 0.344 e. The summed E-state index contributed by atoms with van der Waals surface area (Å²) in [6, 6.07) is 19.4. The van der Waals surface area contributed by atoms with Crippen LogP contribution in [-0.4, -0.2) is 26.9 Å². The van der Waals surface area contributed by atoms with Crippen LogP contribution in [-0.2, 0) is 11.3 Å². The number of nitro benzene ring substituents is 1. The molecule has 2 amide bonds. The molecule has 1 heterocycles. The molecule has 0 radical (unpaired) electrons. The lowest BCUT2D eigenvalue weighted by molar-refractivity contribution is -0.384. The van der Waals surface area contributed by atoms with Gasteiger partial charge in [-0.05, 0) is 75.8 Å². The van der Waals surface area contributed by atoms with Gasteiger partial charge in [-0.3, -0.25) is 24.6 Å². The van der Waals surface area contributed by atoms with Crippen molar-refractivity contribution in [2.75, 3.05) is 0 Å². The zero-order valence-corrected chi connectivity index (χ0v) is 20.3. The zero-order valence-electron chi connectivity index (χ0n) is 17.3. The van der Waals surface area contributed by atoms with Gasteiger partial charge < -0.3 is 4.74 Å². The molecule has 0 atom stereocenters. The lowest BCUT2D eigenvalue weighted by atomic mass is 10.2. The normalized spacial score (nSPS) is 14.5. The SMILES string of the molecule is O=C(Oc1ccc(/C=C2\SC(=O)N(Cc3ccc([N+](=O)[O-])cc3)C2=O)cc1)c1ccccc1I. The predicted molar refractivity (Wildman–Crippen MR) is 135 cm³/mol. The van der Waals surface area contributed by atoms with E-state index in [2.05, 4.69) is 22.6 Å². The van der Waals surface area contributed by atoms with Gasteiger partial charge in [-0.25, -0.2) is 4.79 Å². The van der Waals surface area contributed by atoms with Crippen molar-refractivity contribution in [3.63, 3.8) is 0 Å². The van der Waals surface area contributed by atoms with Crippen molar-refractivity contribution in [3.05, 3.63) is 108 Å². The van der Waals surface area contributed by atoms with Gasteiger partial charge >= 0.3 is 5.97 Å². The number of halogens is 1. The second-order valence-electron chi connectivity index (χ2n) is 7.13. The molecule has 8 nitrogen and oxygen atoms in total. The van der Waals surface area contributed by atoms with Gasteiger partial charge in [0, 0.05) is 15.7 Å².